The van der Waals surface area contributed by atoms with Crippen LogP contribution < -0.4 is 20.6 Å². The van der Waals surface area contributed by atoms with Crippen LogP contribution in [0.5, 0.6) is 0 Å². The number of hydrogen-bond acceptors (Lipinski definition) is 5. The fourth-order valence-corrected chi connectivity index (χ4v) is 11.4. The second kappa shape index (κ2) is 11.2. The Labute approximate surface area is 249 Å². The Bertz CT molecular complexity index is 1430. The molecule has 4 atom stereocenters. The van der Waals surface area contributed by atoms with Gasteiger partial charge < -0.3 is 14.5 Å². The standard InChI is InChI=1S/C34H39N3O4Si/c1-23(38)35-20-26-21-37(33(39)41-26)32-16-15-24(19-36-32)25-17-29-30(18-25)31(29)22-40-42(34(2,3)4,27-11-7-5-8-12-27)28-13-9-6-10-14-28/h5-17,19,26,29-31H,18,20-22H2,1-4H3,(H,35,38)/t26?,29-,30+,31+/m1/s1. The largest absolute Gasteiger partial charge is 0.442 e. The first-order valence-corrected chi connectivity index (χ1v) is 16.7. The normalized spacial score (nSPS) is 23.3. The van der Waals surface area contributed by atoms with Crippen LogP contribution in [0.4, 0.5) is 10.6 Å². The number of rotatable bonds is 9. The Morgan fingerprint density at radius 1 is 1.05 bits per heavy atom. The van der Waals surface area contributed by atoms with Crippen molar-refractivity contribution in [3.63, 3.8) is 0 Å². The zero-order valence-electron chi connectivity index (χ0n) is 24.7. The molecule has 3 aliphatic rings. The zero-order chi connectivity index (χ0) is 29.5. The lowest BCUT2D eigenvalue weighted by atomic mass is 10.0. The number of carbonyl (C=O) groups excluding carboxylic acids is 2. The van der Waals surface area contributed by atoms with Gasteiger partial charge in [0, 0.05) is 19.7 Å². The fourth-order valence-electron chi connectivity index (χ4n) is 6.80. The third-order valence-corrected chi connectivity index (χ3v) is 14.0. The summed E-state index contributed by atoms with van der Waals surface area (Å²) in [6, 6.07) is 25.6. The third-order valence-electron chi connectivity index (χ3n) is 9.00. The van der Waals surface area contributed by atoms with E-state index in [-0.39, 0.29) is 17.0 Å². The molecule has 3 aromatic rings. The highest BCUT2D eigenvalue weighted by molar-refractivity contribution is 6.99. The minimum absolute atomic E-state index is 0.0279. The number of allylic oxidation sites excluding steroid dienone is 2. The van der Waals surface area contributed by atoms with E-state index in [1.165, 1.54) is 27.8 Å². The van der Waals surface area contributed by atoms with Gasteiger partial charge in [0.25, 0.3) is 8.32 Å². The number of amides is 2. The molecule has 1 unspecified atom stereocenters. The average molecular weight is 582 g/mol. The molecule has 42 heavy (non-hydrogen) atoms. The van der Waals surface area contributed by atoms with Crippen LogP contribution in [0.25, 0.3) is 5.57 Å². The second-order valence-corrected chi connectivity index (χ2v) is 17.0. The molecule has 7 nitrogen and oxygen atoms in total. The van der Waals surface area contributed by atoms with Crippen LogP contribution in [0.1, 0.15) is 39.7 Å². The van der Waals surface area contributed by atoms with Gasteiger partial charge in [-0.3, -0.25) is 9.69 Å². The van der Waals surface area contributed by atoms with Crippen molar-refractivity contribution in [3.05, 3.63) is 90.6 Å². The smallest absolute Gasteiger partial charge is 0.416 e. The number of ether oxygens (including phenoxy) is 1. The first kappa shape index (κ1) is 28.4. The summed E-state index contributed by atoms with van der Waals surface area (Å²) < 4.78 is 12.6. The highest BCUT2D eigenvalue weighted by Gasteiger charge is 2.56. The van der Waals surface area contributed by atoms with Crippen molar-refractivity contribution in [1.82, 2.24) is 10.3 Å². The summed E-state index contributed by atoms with van der Waals surface area (Å²) in [4.78, 5) is 29.7. The fraction of sp³-hybridized carbons (Fsp3) is 0.382. The van der Waals surface area contributed by atoms with Crippen LogP contribution in [0.3, 0.4) is 0 Å². The summed E-state index contributed by atoms with van der Waals surface area (Å²) in [6.07, 6.45) is 4.47. The highest BCUT2D eigenvalue weighted by atomic mass is 28.4. The van der Waals surface area contributed by atoms with Crippen LogP contribution in [-0.4, -0.2) is 51.1 Å². The van der Waals surface area contributed by atoms with Crippen molar-refractivity contribution in [3.8, 4) is 0 Å². The van der Waals surface area contributed by atoms with E-state index in [0.717, 1.165) is 18.6 Å². The van der Waals surface area contributed by atoms with Crippen molar-refractivity contribution in [2.24, 2.45) is 17.8 Å². The van der Waals surface area contributed by atoms with Gasteiger partial charge in [-0.05, 0) is 62.9 Å². The number of carbonyl (C=O) groups is 2. The molecule has 2 fully saturated rings. The lowest BCUT2D eigenvalue weighted by Gasteiger charge is -2.43. The second-order valence-electron chi connectivity index (χ2n) is 12.7. The average Bonchev–Trinajstić information content (AvgIpc) is 3.27. The van der Waals surface area contributed by atoms with Gasteiger partial charge in [0.1, 0.15) is 11.9 Å². The number of cyclic esters (lactones) is 1. The van der Waals surface area contributed by atoms with Gasteiger partial charge in [-0.2, -0.15) is 0 Å². The number of anilines is 1. The van der Waals surface area contributed by atoms with E-state index < -0.39 is 14.4 Å². The van der Waals surface area contributed by atoms with Gasteiger partial charge in [-0.25, -0.2) is 9.78 Å². The summed E-state index contributed by atoms with van der Waals surface area (Å²) in [6.45, 7) is 9.85. The van der Waals surface area contributed by atoms with Crippen molar-refractivity contribution in [1.29, 1.82) is 0 Å². The number of benzene rings is 2. The molecule has 1 aromatic heterocycles. The zero-order valence-corrected chi connectivity index (χ0v) is 25.7. The Hall–Kier alpha value is -3.75. The monoisotopic (exact) mass is 581 g/mol. The predicted octanol–water partition coefficient (Wildman–Crippen LogP) is 4.77. The summed E-state index contributed by atoms with van der Waals surface area (Å²) >= 11 is 0. The van der Waals surface area contributed by atoms with E-state index in [9.17, 15) is 9.59 Å². The maximum atomic E-state index is 12.4. The number of nitrogens with one attached hydrogen (secondary N) is 1. The molecule has 0 radical (unpaired) electrons. The third kappa shape index (κ3) is 5.29. The van der Waals surface area contributed by atoms with Crippen LogP contribution in [0, 0.1) is 17.8 Å². The molecule has 8 heteroatoms. The Kier molecular flexibility index (Phi) is 7.53. The molecule has 1 saturated heterocycles. The Morgan fingerprint density at radius 3 is 2.24 bits per heavy atom. The van der Waals surface area contributed by atoms with Crippen molar-refractivity contribution < 1.29 is 18.8 Å². The van der Waals surface area contributed by atoms with E-state index in [1.807, 2.05) is 18.3 Å². The molecular weight excluding hydrogens is 542 g/mol. The minimum Gasteiger partial charge on any atom is -0.442 e. The minimum atomic E-state index is -2.54. The van der Waals surface area contributed by atoms with E-state index in [4.69, 9.17) is 9.16 Å². The Balaban J connectivity index is 1.13. The van der Waals surface area contributed by atoms with E-state index >= 15 is 0 Å². The molecule has 1 N–H and O–H groups in total. The van der Waals surface area contributed by atoms with Crippen LogP contribution in [-0.2, 0) is 14.0 Å². The first-order chi connectivity index (χ1) is 20.2. The van der Waals surface area contributed by atoms with Crippen molar-refractivity contribution >= 4 is 42.1 Å². The molecule has 0 spiro atoms. The molecule has 1 aliphatic heterocycles. The van der Waals surface area contributed by atoms with E-state index in [2.05, 4.69) is 97.8 Å². The predicted molar refractivity (Wildman–Crippen MR) is 167 cm³/mol. The SMILES string of the molecule is CC(=O)NCC1CN(c2ccc(C3=C[C@H]4[C@H](CO[Si](c5ccccc5)(c5ccccc5)C(C)(C)C)[C@H]4C3)cn2)C(=O)O1. The molecule has 2 aromatic carbocycles. The van der Waals surface area contributed by atoms with Crippen LogP contribution >= 0.6 is 0 Å². The first-order valence-electron chi connectivity index (χ1n) is 14.8. The summed E-state index contributed by atoms with van der Waals surface area (Å²) in [5, 5.41) is 5.31. The molecule has 6 rings (SSSR count). The quantitative estimate of drug-likeness (QED) is 0.369. The summed E-state index contributed by atoms with van der Waals surface area (Å²) in [5.74, 6) is 2.07. The van der Waals surface area contributed by atoms with Crippen LogP contribution in [0.15, 0.2) is 85.1 Å². The number of nitrogens with zero attached hydrogens (tertiary/aromatic N) is 2. The number of pyridine rings is 1. The lowest BCUT2D eigenvalue weighted by Crippen LogP contribution is -2.66. The van der Waals surface area contributed by atoms with Gasteiger partial charge in [-0.1, -0.05) is 87.5 Å². The van der Waals surface area contributed by atoms with Crippen molar-refractivity contribution in [2.75, 3.05) is 24.6 Å². The van der Waals surface area contributed by atoms with Gasteiger partial charge in [0.15, 0.2) is 0 Å². The number of fused-ring (bicyclic) bond motifs is 1. The van der Waals surface area contributed by atoms with Gasteiger partial charge in [-0.15, -0.1) is 0 Å². The number of aromatic nitrogens is 1. The molecule has 0 bridgehead atoms. The molecule has 2 amide bonds. The maximum Gasteiger partial charge on any atom is 0.416 e. The van der Waals surface area contributed by atoms with E-state index in [0.29, 0.717) is 36.7 Å². The van der Waals surface area contributed by atoms with Gasteiger partial charge >= 0.3 is 6.09 Å². The lowest BCUT2D eigenvalue weighted by molar-refractivity contribution is -0.119. The molecule has 218 valence electrons. The van der Waals surface area contributed by atoms with E-state index in [1.54, 1.807) is 0 Å². The summed E-state index contributed by atoms with van der Waals surface area (Å²) in [7, 11) is -2.54. The van der Waals surface area contributed by atoms with Gasteiger partial charge in [0.2, 0.25) is 5.91 Å². The Morgan fingerprint density at radius 2 is 1.71 bits per heavy atom. The molecule has 2 heterocycles. The summed E-state index contributed by atoms with van der Waals surface area (Å²) in [5.41, 5.74) is 2.42. The topological polar surface area (TPSA) is 80.8 Å². The highest BCUT2D eigenvalue weighted by Crippen LogP contribution is 2.58. The molecule has 2 aliphatic carbocycles. The molecule has 1 saturated carbocycles. The molecular formula is C34H39N3O4Si. The van der Waals surface area contributed by atoms with Crippen molar-refractivity contribution in [2.45, 2.75) is 45.3 Å². The number of hydrogen-bond donors (Lipinski definition) is 1. The van der Waals surface area contributed by atoms with Gasteiger partial charge in [0.05, 0.1) is 13.1 Å². The maximum absolute atomic E-state index is 12.4. The van der Waals surface area contributed by atoms with Crippen LogP contribution in [0.2, 0.25) is 5.04 Å².